The minimum Gasteiger partial charge on any atom is -0.462 e. The summed E-state index contributed by atoms with van der Waals surface area (Å²) in [6, 6.07) is 2.26. The van der Waals surface area contributed by atoms with Crippen LogP contribution >= 0.6 is 22.9 Å². The highest BCUT2D eigenvalue weighted by atomic mass is 32.1. The number of aromatic nitrogens is 1. The lowest BCUT2D eigenvalue weighted by Crippen LogP contribution is -2.09. The molecule has 0 bridgehead atoms. The summed E-state index contributed by atoms with van der Waals surface area (Å²) < 4.78 is 9.06. The molecule has 3 N–H and O–H groups in total. The maximum Gasteiger partial charge on any atom is 0.344 e. The van der Waals surface area contributed by atoms with E-state index in [1.165, 1.54) is 46.1 Å². The molecule has 0 unspecified atom stereocenters. The van der Waals surface area contributed by atoms with Crippen molar-refractivity contribution in [2.24, 2.45) is 0 Å². The van der Waals surface area contributed by atoms with Crippen molar-refractivity contribution in [3.8, 4) is 0 Å². The zero-order chi connectivity index (χ0) is 14.8. The number of hydrogen-bond acceptors (Lipinski definition) is 7. The number of esters is 1. The van der Waals surface area contributed by atoms with Crippen LogP contribution in [-0.4, -0.2) is 16.9 Å². The standard InChI is InChI=1S/C14H17N3O2S2/c1-2-19-14(18)11-12(15)17-21-13(11)16-7-9-6-8-4-3-5-10(8)20-9/h6,16H,2-5,7H2,1H3,(H2,15,17). The Hall–Kier alpha value is -1.60. The number of anilines is 2. The molecule has 0 aromatic carbocycles. The predicted octanol–water partition coefficient (Wildman–Crippen LogP) is 3.06. The molecule has 5 nitrogen and oxygen atoms in total. The summed E-state index contributed by atoms with van der Waals surface area (Å²) in [5, 5.41) is 3.94. The third-order valence-corrected chi connectivity index (χ3v) is 5.47. The fourth-order valence-electron chi connectivity index (χ4n) is 2.47. The summed E-state index contributed by atoms with van der Waals surface area (Å²) in [7, 11) is 0. The molecule has 112 valence electrons. The van der Waals surface area contributed by atoms with Crippen molar-refractivity contribution < 1.29 is 9.53 Å². The lowest BCUT2D eigenvalue weighted by molar-refractivity contribution is 0.0529. The summed E-state index contributed by atoms with van der Waals surface area (Å²) in [4.78, 5) is 14.7. The molecule has 1 aliphatic carbocycles. The highest BCUT2D eigenvalue weighted by Gasteiger charge is 2.21. The molecule has 1 aliphatic rings. The van der Waals surface area contributed by atoms with Crippen LogP contribution in [0.2, 0.25) is 0 Å². The summed E-state index contributed by atoms with van der Waals surface area (Å²) in [6.45, 7) is 2.78. The molecule has 7 heteroatoms. The van der Waals surface area contributed by atoms with Gasteiger partial charge in [-0.1, -0.05) is 0 Å². The SMILES string of the molecule is CCOC(=O)c1c(N)nsc1NCc1cc2c(s1)CCC2. The van der Waals surface area contributed by atoms with Gasteiger partial charge in [0, 0.05) is 9.75 Å². The van der Waals surface area contributed by atoms with E-state index in [4.69, 9.17) is 10.5 Å². The van der Waals surface area contributed by atoms with Crippen molar-refractivity contribution in [2.45, 2.75) is 32.7 Å². The first-order chi connectivity index (χ1) is 10.2. The van der Waals surface area contributed by atoms with Gasteiger partial charge in [-0.3, -0.25) is 0 Å². The van der Waals surface area contributed by atoms with Crippen LogP contribution in [0.25, 0.3) is 0 Å². The average molecular weight is 323 g/mol. The lowest BCUT2D eigenvalue weighted by atomic mass is 10.2. The molecular weight excluding hydrogens is 306 g/mol. The van der Waals surface area contributed by atoms with E-state index in [9.17, 15) is 4.79 Å². The Kier molecular flexibility index (Phi) is 4.12. The van der Waals surface area contributed by atoms with Gasteiger partial charge in [0.25, 0.3) is 0 Å². The molecule has 21 heavy (non-hydrogen) atoms. The Bertz CT molecular complexity index is 642. The number of nitrogens with zero attached hydrogens (tertiary/aromatic N) is 1. The number of ether oxygens (including phenoxy) is 1. The number of carbonyl (C=O) groups excluding carboxylic acids is 1. The fraction of sp³-hybridized carbons (Fsp3) is 0.429. The van der Waals surface area contributed by atoms with Crippen LogP contribution in [0.15, 0.2) is 6.07 Å². The average Bonchev–Trinajstić information content (AvgIpc) is 3.10. The monoisotopic (exact) mass is 323 g/mol. The number of rotatable bonds is 5. The Balaban J connectivity index is 1.71. The smallest absolute Gasteiger partial charge is 0.344 e. The van der Waals surface area contributed by atoms with Crippen LogP contribution in [0.1, 0.15) is 39.0 Å². The molecule has 0 saturated carbocycles. The number of nitrogens with two attached hydrogens (primary N) is 1. The van der Waals surface area contributed by atoms with E-state index in [2.05, 4.69) is 15.8 Å². The molecule has 2 aromatic heterocycles. The summed E-state index contributed by atoms with van der Waals surface area (Å²) in [5.74, 6) is -0.186. The van der Waals surface area contributed by atoms with Crippen LogP contribution in [0.5, 0.6) is 0 Å². The van der Waals surface area contributed by atoms with Crippen LogP contribution in [0.4, 0.5) is 10.8 Å². The molecule has 0 aliphatic heterocycles. The van der Waals surface area contributed by atoms with Gasteiger partial charge in [0.1, 0.15) is 10.6 Å². The quantitative estimate of drug-likeness (QED) is 0.827. The Morgan fingerprint density at radius 2 is 2.38 bits per heavy atom. The Morgan fingerprint density at radius 1 is 1.52 bits per heavy atom. The minimum atomic E-state index is -0.417. The molecule has 0 saturated heterocycles. The largest absolute Gasteiger partial charge is 0.462 e. The van der Waals surface area contributed by atoms with Crippen molar-refractivity contribution in [1.29, 1.82) is 0 Å². The third kappa shape index (κ3) is 2.89. The molecule has 3 rings (SSSR count). The second-order valence-electron chi connectivity index (χ2n) is 4.86. The number of thiophene rings is 1. The summed E-state index contributed by atoms with van der Waals surface area (Å²) in [6.07, 6.45) is 3.66. The number of carbonyl (C=O) groups is 1. The van der Waals surface area contributed by atoms with Crippen molar-refractivity contribution in [3.05, 3.63) is 26.9 Å². The maximum absolute atomic E-state index is 11.9. The number of aryl methyl sites for hydroxylation is 2. The van der Waals surface area contributed by atoms with E-state index in [0.29, 0.717) is 23.7 Å². The number of fused-ring (bicyclic) bond motifs is 1. The number of hydrogen-bond donors (Lipinski definition) is 2. The first-order valence-electron chi connectivity index (χ1n) is 6.95. The van der Waals surface area contributed by atoms with Gasteiger partial charge in [-0.2, -0.15) is 4.37 Å². The van der Waals surface area contributed by atoms with Crippen LogP contribution in [0.3, 0.4) is 0 Å². The van der Waals surface area contributed by atoms with E-state index in [1.54, 1.807) is 6.92 Å². The molecule has 2 aromatic rings. The second kappa shape index (κ2) is 6.03. The first kappa shape index (κ1) is 14.3. The molecule has 0 fully saturated rings. The minimum absolute atomic E-state index is 0.231. The third-order valence-electron chi connectivity index (χ3n) is 3.42. The Labute approximate surface area is 131 Å². The van der Waals surface area contributed by atoms with E-state index in [-0.39, 0.29) is 5.82 Å². The summed E-state index contributed by atoms with van der Waals surface area (Å²) >= 11 is 3.04. The van der Waals surface area contributed by atoms with Crippen molar-refractivity contribution in [3.63, 3.8) is 0 Å². The Morgan fingerprint density at radius 3 is 3.14 bits per heavy atom. The van der Waals surface area contributed by atoms with Gasteiger partial charge in [0.05, 0.1) is 13.2 Å². The normalized spacial score (nSPS) is 13.2. The van der Waals surface area contributed by atoms with Gasteiger partial charge >= 0.3 is 5.97 Å². The van der Waals surface area contributed by atoms with E-state index < -0.39 is 5.97 Å². The molecular formula is C14H17N3O2S2. The molecule has 0 spiro atoms. The van der Waals surface area contributed by atoms with Gasteiger partial charge < -0.3 is 15.8 Å². The van der Waals surface area contributed by atoms with Crippen LogP contribution < -0.4 is 11.1 Å². The van der Waals surface area contributed by atoms with Crippen LogP contribution in [0, 0.1) is 0 Å². The van der Waals surface area contributed by atoms with Gasteiger partial charge in [0.2, 0.25) is 0 Å². The fourth-order valence-corrected chi connectivity index (χ4v) is 4.37. The van der Waals surface area contributed by atoms with Gasteiger partial charge in [-0.05, 0) is 49.3 Å². The predicted molar refractivity (Wildman–Crippen MR) is 86.2 cm³/mol. The van der Waals surface area contributed by atoms with Gasteiger partial charge in [0.15, 0.2) is 5.82 Å². The molecule has 0 amide bonds. The van der Waals surface area contributed by atoms with Crippen molar-refractivity contribution in [1.82, 2.24) is 4.37 Å². The van der Waals surface area contributed by atoms with Crippen molar-refractivity contribution in [2.75, 3.05) is 17.7 Å². The first-order valence-corrected chi connectivity index (χ1v) is 8.54. The highest BCUT2D eigenvalue weighted by molar-refractivity contribution is 7.12. The zero-order valence-electron chi connectivity index (χ0n) is 11.8. The molecule has 2 heterocycles. The maximum atomic E-state index is 11.9. The molecule has 0 radical (unpaired) electrons. The lowest BCUT2D eigenvalue weighted by Gasteiger charge is -2.05. The topological polar surface area (TPSA) is 77.2 Å². The van der Waals surface area contributed by atoms with Gasteiger partial charge in [-0.15, -0.1) is 11.3 Å². The van der Waals surface area contributed by atoms with E-state index >= 15 is 0 Å². The number of nitrogens with one attached hydrogen (secondary N) is 1. The van der Waals surface area contributed by atoms with Crippen molar-refractivity contribution >= 4 is 39.7 Å². The molecule has 0 atom stereocenters. The second-order valence-corrected chi connectivity index (χ2v) is 6.86. The zero-order valence-corrected chi connectivity index (χ0v) is 13.4. The van der Waals surface area contributed by atoms with E-state index in [1.807, 2.05) is 11.3 Å². The summed E-state index contributed by atoms with van der Waals surface area (Å²) in [5.41, 5.74) is 7.59. The van der Waals surface area contributed by atoms with Gasteiger partial charge in [-0.25, -0.2) is 4.79 Å². The van der Waals surface area contributed by atoms with E-state index in [0.717, 1.165) is 0 Å². The highest BCUT2D eigenvalue weighted by Crippen LogP contribution is 2.32. The van der Waals surface area contributed by atoms with Crippen LogP contribution in [-0.2, 0) is 24.1 Å². The number of nitrogen functional groups attached to an aromatic ring is 1.